The number of hydrogen-bond donors (Lipinski definition) is 2. The Hall–Kier alpha value is -0.870. The second-order valence-corrected chi connectivity index (χ2v) is 6.48. The molecule has 104 valence electrons. The van der Waals surface area contributed by atoms with E-state index in [1.54, 1.807) is 0 Å². The van der Waals surface area contributed by atoms with Crippen LogP contribution in [0.1, 0.15) is 32.3 Å². The average molecular weight is 325 g/mol. The molecule has 1 fully saturated rings. The summed E-state index contributed by atoms with van der Waals surface area (Å²) in [6, 6.07) is 8.38. The van der Waals surface area contributed by atoms with Gasteiger partial charge in [-0.05, 0) is 57.4 Å². The van der Waals surface area contributed by atoms with Crippen molar-refractivity contribution in [3.8, 4) is 0 Å². The van der Waals surface area contributed by atoms with E-state index in [1.807, 2.05) is 19.1 Å². The number of rotatable bonds is 4. The zero-order chi connectivity index (χ0) is 13.9. The quantitative estimate of drug-likeness (QED) is 0.894. The molecule has 1 amide bonds. The molecule has 1 saturated heterocycles. The van der Waals surface area contributed by atoms with Gasteiger partial charge in [0.2, 0.25) is 5.91 Å². The van der Waals surface area contributed by atoms with Crippen LogP contribution in [0.15, 0.2) is 28.7 Å². The fourth-order valence-corrected chi connectivity index (χ4v) is 2.76. The summed E-state index contributed by atoms with van der Waals surface area (Å²) in [6.07, 6.45) is 2.85. The van der Waals surface area contributed by atoms with Crippen molar-refractivity contribution >= 4 is 21.8 Å². The van der Waals surface area contributed by atoms with E-state index in [0.717, 1.165) is 30.3 Å². The second-order valence-electron chi connectivity index (χ2n) is 5.57. The van der Waals surface area contributed by atoms with Gasteiger partial charge in [-0.2, -0.15) is 0 Å². The number of halogens is 1. The standard InChI is InChI=1S/C15H21BrN2O/c1-11(10-12-4-6-13(16)7-5-12)18-14(19)15(2)8-3-9-17-15/h4-7,11,17H,3,8-10H2,1-2H3,(H,18,19). The Labute approximate surface area is 123 Å². The van der Waals surface area contributed by atoms with Gasteiger partial charge in [0.15, 0.2) is 0 Å². The molecule has 1 aliphatic heterocycles. The minimum absolute atomic E-state index is 0.120. The molecule has 0 aliphatic carbocycles. The Morgan fingerprint density at radius 1 is 1.47 bits per heavy atom. The summed E-state index contributed by atoms with van der Waals surface area (Å²) in [5.74, 6) is 0.120. The topological polar surface area (TPSA) is 41.1 Å². The van der Waals surface area contributed by atoms with Crippen molar-refractivity contribution in [3.05, 3.63) is 34.3 Å². The third-order valence-corrected chi connectivity index (χ3v) is 4.23. The van der Waals surface area contributed by atoms with Crippen LogP contribution >= 0.6 is 15.9 Å². The fourth-order valence-electron chi connectivity index (χ4n) is 2.50. The van der Waals surface area contributed by atoms with Crippen LogP contribution < -0.4 is 10.6 Å². The first kappa shape index (κ1) is 14.5. The van der Waals surface area contributed by atoms with E-state index in [4.69, 9.17) is 0 Å². The molecule has 0 radical (unpaired) electrons. The highest BCUT2D eigenvalue weighted by Gasteiger charge is 2.36. The molecule has 3 nitrogen and oxygen atoms in total. The second kappa shape index (κ2) is 6.06. The van der Waals surface area contributed by atoms with Crippen molar-refractivity contribution < 1.29 is 4.79 Å². The summed E-state index contributed by atoms with van der Waals surface area (Å²) in [5, 5.41) is 6.40. The Morgan fingerprint density at radius 3 is 2.74 bits per heavy atom. The summed E-state index contributed by atoms with van der Waals surface area (Å²) < 4.78 is 1.08. The van der Waals surface area contributed by atoms with Crippen LogP contribution in [-0.4, -0.2) is 24.0 Å². The van der Waals surface area contributed by atoms with Gasteiger partial charge in [0.05, 0.1) is 5.54 Å². The van der Waals surface area contributed by atoms with Gasteiger partial charge in [-0.3, -0.25) is 4.79 Å². The summed E-state index contributed by atoms with van der Waals surface area (Å²) in [5.41, 5.74) is 0.856. The van der Waals surface area contributed by atoms with E-state index in [-0.39, 0.29) is 17.5 Å². The van der Waals surface area contributed by atoms with Gasteiger partial charge in [0.1, 0.15) is 0 Å². The van der Waals surface area contributed by atoms with Crippen LogP contribution in [0.4, 0.5) is 0 Å². The Morgan fingerprint density at radius 2 is 2.16 bits per heavy atom. The number of carbonyl (C=O) groups is 1. The summed E-state index contributed by atoms with van der Waals surface area (Å²) >= 11 is 3.43. The third-order valence-electron chi connectivity index (χ3n) is 3.70. The van der Waals surface area contributed by atoms with Crippen molar-refractivity contribution in [2.24, 2.45) is 0 Å². The zero-order valence-corrected chi connectivity index (χ0v) is 13.1. The van der Waals surface area contributed by atoms with E-state index in [9.17, 15) is 4.79 Å². The maximum absolute atomic E-state index is 12.2. The lowest BCUT2D eigenvalue weighted by atomic mass is 9.98. The molecule has 19 heavy (non-hydrogen) atoms. The van der Waals surface area contributed by atoms with Crippen LogP contribution in [0.2, 0.25) is 0 Å². The predicted molar refractivity (Wildman–Crippen MR) is 81.1 cm³/mol. The van der Waals surface area contributed by atoms with E-state index < -0.39 is 0 Å². The van der Waals surface area contributed by atoms with Gasteiger partial charge in [0.25, 0.3) is 0 Å². The van der Waals surface area contributed by atoms with Crippen molar-refractivity contribution in [1.29, 1.82) is 0 Å². The lowest BCUT2D eigenvalue weighted by Gasteiger charge is -2.25. The van der Waals surface area contributed by atoms with Crippen LogP contribution in [-0.2, 0) is 11.2 Å². The number of carbonyl (C=O) groups excluding carboxylic acids is 1. The smallest absolute Gasteiger partial charge is 0.240 e. The molecule has 2 unspecified atom stereocenters. The van der Waals surface area contributed by atoms with Gasteiger partial charge >= 0.3 is 0 Å². The first-order chi connectivity index (χ1) is 8.99. The maximum Gasteiger partial charge on any atom is 0.240 e. The first-order valence-corrected chi connectivity index (χ1v) is 7.59. The molecule has 1 aromatic rings. The molecule has 0 bridgehead atoms. The number of amides is 1. The maximum atomic E-state index is 12.2. The molecule has 1 aliphatic rings. The average Bonchev–Trinajstić information content (AvgIpc) is 2.80. The molecule has 4 heteroatoms. The lowest BCUT2D eigenvalue weighted by Crippen LogP contribution is -2.53. The first-order valence-electron chi connectivity index (χ1n) is 6.80. The predicted octanol–water partition coefficient (Wildman–Crippen LogP) is 2.64. The molecule has 2 N–H and O–H groups in total. The number of nitrogens with one attached hydrogen (secondary N) is 2. The Balaban J connectivity index is 1.88. The van der Waals surface area contributed by atoms with Crippen molar-refractivity contribution in [3.63, 3.8) is 0 Å². The van der Waals surface area contributed by atoms with Gasteiger partial charge in [0, 0.05) is 10.5 Å². The number of hydrogen-bond acceptors (Lipinski definition) is 2. The molecular weight excluding hydrogens is 304 g/mol. The third kappa shape index (κ3) is 3.80. The van der Waals surface area contributed by atoms with Gasteiger partial charge in [-0.1, -0.05) is 28.1 Å². The summed E-state index contributed by atoms with van der Waals surface area (Å²) in [6.45, 7) is 4.98. The van der Waals surface area contributed by atoms with Gasteiger partial charge in [-0.15, -0.1) is 0 Å². The van der Waals surface area contributed by atoms with Crippen molar-refractivity contribution in [2.45, 2.75) is 44.7 Å². The van der Waals surface area contributed by atoms with Crippen molar-refractivity contribution in [2.75, 3.05) is 6.54 Å². The van der Waals surface area contributed by atoms with E-state index in [2.05, 4.69) is 45.6 Å². The molecule has 0 saturated carbocycles. The molecule has 0 spiro atoms. The Kier molecular flexibility index (Phi) is 4.63. The highest BCUT2D eigenvalue weighted by molar-refractivity contribution is 9.10. The normalized spacial score (nSPS) is 24.2. The summed E-state index contributed by atoms with van der Waals surface area (Å²) in [4.78, 5) is 12.2. The SMILES string of the molecule is CC(Cc1ccc(Br)cc1)NC(=O)C1(C)CCCN1. The van der Waals surface area contributed by atoms with Gasteiger partial charge < -0.3 is 10.6 Å². The lowest BCUT2D eigenvalue weighted by molar-refractivity contribution is -0.127. The minimum Gasteiger partial charge on any atom is -0.352 e. The van der Waals surface area contributed by atoms with Crippen LogP contribution in [0.5, 0.6) is 0 Å². The van der Waals surface area contributed by atoms with Crippen LogP contribution in [0.25, 0.3) is 0 Å². The van der Waals surface area contributed by atoms with E-state index in [1.165, 1.54) is 5.56 Å². The molecular formula is C15H21BrN2O. The molecule has 1 heterocycles. The fraction of sp³-hybridized carbons (Fsp3) is 0.533. The Bertz CT molecular complexity index is 438. The van der Waals surface area contributed by atoms with Gasteiger partial charge in [-0.25, -0.2) is 0 Å². The number of benzene rings is 1. The molecule has 2 rings (SSSR count). The largest absolute Gasteiger partial charge is 0.352 e. The highest BCUT2D eigenvalue weighted by Crippen LogP contribution is 2.19. The minimum atomic E-state index is -0.381. The summed E-state index contributed by atoms with van der Waals surface area (Å²) in [7, 11) is 0. The zero-order valence-electron chi connectivity index (χ0n) is 11.5. The van der Waals surface area contributed by atoms with E-state index >= 15 is 0 Å². The van der Waals surface area contributed by atoms with Crippen molar-refractivity contribution in [1.82, 2.24) is 10.6 Å². The molecule has 2 atom stereocenters. The highest BCUT2D eigenvalue weighted by atomic mass is 79.9. The van der Waals surface area contributed by atoms with Crippen LogP contribution in [0.3, 0.4) is 0 Å². The van der Waals surface area contributed by atoms with Crippen LogP contribution in [0, 0.1) is 0 Å². The van der Waals surface area contributed by atoms with E-state index in [0.29, 0.717) is 0 Å². The monoisotopic (exact) mass is 324 g/mol. The molecule has 1 aromatic carbocycles. The molecule has 0 aromatic heterocycles.